The van der Waals surface area contributed by atoms with Crippen LogP contribution in [0.25, 0.3) is 11.5 Å². The predicted molar refractivity (Wildman–Crippen MR) is 53.9 cm³/mol. The number of anilines is 1. The third-order valence-corrected chi connectivity index (χ3v) is 2.27. The van der Waals surface area contributed by atoms with Gasteiger partial charge >= 0.3 is 0 Å². The zero-order valence-corrected chi connectivity index (χ0v) is 8.25. The van der Waals surface area contributed by atoms with Crippen LogP contribution >= 0.6 is 11.6 Å². The Balaban J connectivity index is 2.47. The molecule has 5 heteroatoms. The lowest BCUT2D eigenvalue weighted by atomic mass is 10.1. The first-order valence-corrected chi connectivity index (χ1v) is 4.40. The molecule has 0 saturated heterocycles. The molecular weight excluding hydrogens is 202 g/mol. The first-order valence-electron chi connectivity index (χ1n) is 4.02. The van der Waals surface area contributed by atoms with Crippen molar-refractivity contribution in [2.75, 3.05) is 5.73 Å². The largest absolute Gasteiger partial charge is 0.365 e. The van der Waals surface area contributed by atoms with Gasteiger partial charge in [-0.3, -0.25) is 0 Å². The molecule has 0 aliphatic carbocycles. The second kappa shape index (κ2) is 3.31. The number of benzene rings is 1. The summed E-state index contributed by atoms with van der Waals surface area (Å²) in [7, 11) is 0. The first-order chi connectivity index (χ1) is 6.66. The van der Waals surface area contributed by atoms with Crippen LogP contribution in [0.15, 0.2) is 22.7 Å². The van der Waals surface area contributed by atoms with E-state index in [4.69, 9.17) is 21.9 Å². The minimum absolute atomic E-state index is 0.122. The van der Waals surface area contributed by atoms with Crippen molar-refractivity contribution < 1.29 is 4.52 Å². The number of nitrogen functional groups attached to an aromatic ring is 1. The van der Waals surface area contributed by atoms with Gasteiger partial charge in [0.2, 0.25) is 0 Å². The second-order valence-electron chi connectivity index (χ2n) is 2.92. The molecule has 0 saturated carbocycles. The maximum absolute atomic E-state index is 5.95. The highest BCUT2D eigenvalue weighted by Crippen LogP contribution is 2.24. The van der Waals surface area contributed by atoms with E-state index in [1.165, 1.54) is 0 Å². The number of rotatable bonds is 1. The highest BCUT2D eigenvalue weighted by atomic mass is 35.5. The fourth-order valence-electron chi connectivity index (χ4n) is 1.08. The molecule has 2 rings (SSSR count). The molecule has 1 aromatic carbocycles. The molecule has 0 spiro atoms. The van der Waals surface area contributed by atoms with Crippen LogP contribution in [0.5, 0.6) is 0 Å². The number of aromatic nitrogens is 2. The first kappa shape index (κ1) is 9.02. The van der Waals surface area contributed by atoms with Gasteiger partial charge < -0.3 is 10.3 Å². The average Bonchev–Trinajstić information content (AvgIpc) is 2.57. The van der Waals surface area contributed by atoms with Gasteiger partial charge in [0.1, 0.15) is 0 Å². The lowest BCUT2D eigenvalue weighted by Gasteiger charge is -1.98. The zero-order chi connectivity index (χ0) is 10.1. The summed E-state index contributed by atoms with van der Waals surface area (Å²) in [6.45, 7) is 1.92. The summed E-state index contributed by atoms with van der Waals surface area (Å²) in [6, 6.07) is 5.51. The standard InChI is InChI=1S/C9H8ClN3O/c1-5-2-3-6(4-7(5)10)8-12-9(11)13-14-8/h2-4H,1H3,(H2,11,13). The van der Waals surface area contributed by atoms with Crippen LogP contribution in [-0.4, -0.2) is 10.1 Å². The molecule has 1 aromatic heterocycles. The molecule has 72 valence electrons. The summed E-state index contributed by atoms with van der Waals surface area (Å²) in [6.07, 6.45) is 0. The van der Waals surface area contributed by atoms with Gasteiger partial charge in [-0.25, -0.2) is 0 Å². The van der Waals surface area contributed by atoms with Crippen molar-refractivity contribution in [1.29, 1.82) is 0 Å². The van der Waals surface area contributed by atoms with Crippen molar-refractivity contribution in [2.45, 2.75) is 6.92 Å². The average molecular weight is 210 g/mol. The Morgan fingerprint density at radius 3 is 2.79 bits per heavy atom. The highest BCUT2D eigenvalue weighted by molar-refractivity contribution is 6.31. The topological polar surface area (TPSA) is 64.9 Å². The lowest BCUT2D eigenvalue weighted by Crippen LogP contribution is -1.85. The lowest BCUT2D eigenvalue weighted by molar-refractivity contribution is 0.433. The normalized spacial score (nSPS) is 10.4. The van der Waals surface area contributed by atoms with Crippen LogP contribution in [0.2, 0.25) is 5.02 Å². The van der Waals surface area contributed by atoms with E-state index in [1.807, 2.05) is 19.1 Å². The van der Waals surface area contributed by atoms with Gasteiger partial charge in [-0.05, 0) is 29.8 Å². The van der Waals surface area contributed by atoms with E-state index >= 15 is 0 Å². The van der Waals surface area contributed by atoms with Crippen LogP contribution in [-0.2, 0) is 0 Å². The fraction of sp³-hybridized carbons (Fsp3) is 0.111. The van der Waals surface area contributed by atoms with Crippen molar-refractivity contribution in [3.05, 3.63) is 28.8 Å². The summed E-state index contributed by atoms with van der Waals surface area (Å²) >= 11 is 5.95. The minimum Gasteiger partial charge on any atom is -0.365 e. The Morgan fingerprint density at radius 1 is 1.43 bits per heavy atom. The highest BCUT2D eigenvalue weighted by Gasteiger charge is 2.07. The third-order valence-electron chi connectivity index (χ3n) is 1.86. The van der Waals surface area contributed by atoms with E-state index in [0.717, 1.165) is 11.1 Å². The smallest absolute Gasteiger partial charge is 0.261 e. The minimum atomic E-state index is 0.122. The van der Waals surface area contributed by atoms with Gasteiger partial charge in [0.15, 0.2) is 0 Å². The number of hydrogen-bond donors (Lipinski definition) is 1. The number of nitrogens with two attached hydrogens (primary N) is 1. The van der Waals surface area contributed by atoms with Gasteiger partial charge in [-0.1, -0.05) is 17.7 Å². The van der Waals surface area contributed by atoms with E-state index in [2.05, 4.69) is 10.1 Å². The fourth-order valence-corrected chi connectivity index (χ4v) is 1.26. The van der Waals surface area contributed by atoms with Crippen molar-refractivity contribution in [3.8, 4) is 11.5 Å². The number of aryl methyl sites for hydroxylation is 1. The number of nitrogens with zero attached hydrogens (tertiary/aromatic N) is 2. The summed E-state index contributed by atoms with van der Waals surface area (Å²) < 4.78 is 4.90. The number of hydrogen-bond acceptors (Lipinski definition) is 4. The van der Waals surface area contributed by atoms with E-state index in [1.54, 1.807) is 6.07 Å². The van der Waals surface area contributed by atoms with Crippen LogP contribution < -0.4 is 5.73 Å². The van der Waals surface area contributed by atoms with Crippen molar-refractivity contribution >= 4 is 17.5 Å². The molecule has 2 N–H and O–H groups in total. The summed E-state index contributed by atoms with van der Waals surface area (Å²) in [5, 5.41) is 4.16. The van der Waals surface area contributed by atoms with Crippen molar-refractivity contribution in [1.82, 2.24) is 10.1 Å². The van der Waals surface area contributed by atoms with Gasteiger partial charge in [-0.2, -0.15) is 4.98 Å². The molecule has 0 unspecified atom stereocenters. The van der Waals surface area contributed by atoms with Gasteiger partial charge in [0.25, 0.3) is 11.8 Å². The van der Waals surface area contributed by atoms with E-state index < -0.39 is 0 Å². The molecule has 0 aliphatic rings. The van der Waals surface area contributed by atoms with Gasteiger partial charge in [-0.15, -0.1) is 0 Å². The predicted octanol–water partition coefficient (Wildman–Crippen LogP) is 2.28. The molecule has 14 heavy (non-hydrogen) atoms. The Hall–Kier alpha value is -1.55. The monoisotopic (exact) mass is 209 g/mol. The van der Waals surface area contributed by atoms with E-state index in [9.17, 15) is 0 Å². The Labute approximate surface area is 85.7 Å². The van der Waals surface area contributed by atoms with Crippen LogP contribution in [0.1, 0.15) is 5.56 Å². The summed E-state index contributed by atoms with van der Waals surface area (Å²) in [5.74, 6) is 0.501. The Morgan fingerprint density at radius 2 is 2.21 bits per heavy atom. The van der Waals surface area contributed by atoms with E-state index in [0.29, 0.717) is 10.9 Å². The van der Waals surface area contributed by atoms with Crippen LogP contribution in [0.3, 0.4) is 0 Å². The maximum Gasteiger partial charge on any atom is 0.261 e. The molecular formula is C9H8ClN3O. The molecule has 0 amide bonds. The molecule has 4 nitrogen and oxygen atoms in total. The maximum atomic E-state index is 5.95. The van der Waals surface area contributed by atoms with Crippen LogP contribution in [0, 0.1) is 6.92 Å². The SMILES string of the molecule is Cc1ccc(-c2nc(N)no2)cc1Cl. The third kappa shape index (κ3) is 1.56. The summed E-state index contributed by atoms with van der Waals surface area (Å²) in [4.78, 5) is 3.89. The molecule has 2 aromatic rings. The molecule has 1 heterocycles. The molecule has 0 atom stereocenters. The van der Waals surface area contributed by atoms with Gasteiger partial charge in [0, 0.05) is 10.6 Å². The van der Waals surface area contributed by atoms with E-state index in [-0.39, 0.29) is 5.95 Å². The summed E-state index contributed by atoms with van der Waals surface area (Å²) in [5.41, 5.74) is 7.11. The number of halogens is 1. The second-order valence-corrected chi connectivity index (χ2v) is 3.33. The molecule has 0 fully saturated rings. The quantitative estimate of drug-likeness (QED) is 0.783. The zero-order valence-electron chi connectivity index (χ0n) is 7.49. The Bertz CT molecular complexity index is 467. The van der Waals surface area contributed by atoms with Gasteiger partial charge in [0.05, 0.1) is 0 Å². The van der Waals surface area contributed by atoms with Crippen LogP contribution in [0.4, 0.5) is 5.95 Å². The van der Waals surface area contributed by atoms with Crippen molar-refractivity contribution in [3.63, 3.8) is 0 Å². The van der Waals surface area contributed by atoms with Crippen molar-refractivity contribution in [2.24, 2.45) is 0 Å². The molecule has 0 bridgehead atoms. The molecule has 0 aliphatic heterocycles. The molecule has 0 radical (unpaired) electrons. The Kier molecular flexibility index (Phi) is 2.13.